The van der Waals surface area contributed by atoms with Crippen LogP contribution in [0.25, 0.3) is 10.8 Å². The molecule has 1 heterocycles. The Morgan fingerprint density at radius 3 is 2.62 bits per heavy atom. The van der Waals surface area contributed by atoms with E-state index in [0.29, 0.717) is 25.9 Å². The van der Waals surface area contributed by atoms with Gasteiger partial charge in [0.05, 0.1) is 6.04 Å². The van der Waals surface area contributed by atoms with E-state index in [1.54, 1.807) is 4.90 Å². The first kappa shape index (κ1) is 16.6. The molecule has 0 aromatic heterocycles. The fraction of sp³-hybridized carbons (Fsp3) is 0.350. The summed E-state index contributed by atoms with van der Waals surface area (Å²) >= 11 is 0. The minimum absolute atomic E-state index is 0.00663. The van der Waals surface area contributed by atoms with Crippen molar-refractivity contribution in [1.29, 1.82) is 0 Å². The van der Waals surface area contributed by atoms with Crippen LogP contribution in [0.4, 0.5) is 0 Å². The summed E-state index contributed by atoms with van der Waals surface area (Å²) in [7, 11) is 0. The second-order valence-corrected chi connectivity index (χ2v) is 7.23. The smallest absolute Gasteiger partial charge is 0.235 e. The molecule has 3 amide bonds. The first-order valence-electron chi connectivity index (χ1n) is 8.85. The van der Waals surface area contributed by atoms with E-state index >= 15 is 0 Å². The Hall–Kier alpha value is -2.89. The quantitative estimate of drug-likeness (QED) is 0.796. The zero-order valence-electron chi connectivity index (χ0n) is 14.4. The maximum absolute atomic E-state index is 12.4. The Morgan fingerprint density at radius 1 is 1.15 bits per heavy atom. The average Bonchev–Trinajstić information content (AvgIpc) is 3.37. The molecule has 2 aromatic carbocycles. The lowest BCUT2D eigenvalue weighted by Gasteiger charge is -2.19. The number of primary amides is 1. The summed E-state index contributed by atoms with van der Waals surface area (Å²) in [6.45, 7) is 0.955. The number of hydrogen-bond donors (Lipinski definition) is 2. The third-order valence-corrected chi connectivity index (χ3v) is 5.45. The van der Waals surface area contributed by atoms with Gasteiger partial charge in [-0.1, -0.05) is 42.5 Å². The molecule has 3 N–H and O–H groups in total. The van der Waals surface area contributed by atoms with Crippen LogP contribution in [0.2, 0.25) is 0 Å². The minimum Gasteiger partial charge on any atom is -0.369 e. The summed E-state index contributed by atoms with van der Waals surface area (Å²) in [5.41, 5.74) is 5.37. The van der Waals surface area contributed by atoms with Crippen LogP contribution in [0, 0.1) is 5.41 Å². The van der Waals surface area contributed by atoms with Crippen LogP contribution in [0.3, 0.4) is 0 Å². The summed E-state index contributed by atoms with van der Waals surface area (Å²) < 4.78 is 0. The van der Waals surface area contributed by atoms with Crippen molar-refractivity contribution in [2.75, 3.05) is 6.54 Å². The number of carbonyl (C=O) groups is 3. The van der Waals surface area contributed by atoms with Crippen molar-refractivity contribution < 1.29 is 14.4 Å². The van der Waals surface area contributed by atoms with Crippen molar-refractivity contribution in [2.45, 2.75) is 31.8 Å². The Morgan fingerprint density at radius 2 is 1.88 bits per heavy atom. The third kappa shape index (κ3) is 2.81. The van der Waals surface area contributed by atoms with Crippen molar-refractivity contribution in [2.24, 2.45) is 11.1 Å². The van der Waals surface area contributed by atoms with Crippen LogP contribution in [0.1, 0.15) is 24.8 Å². The number of carbonyl (C=O) groups excluding carboxylic acids is 3. The second-order valence-electron chi connectivity index (χ2n) is 7.23. The molecule has 6 heteroatoms. The number of nitrogens with two attached hydrogens (primary N) is 1. The van der Waals surface area contributed by atoms with E-state index in [9.17, 15) is 14.4 Å². The largest absolute Gasteiger partial charge is 0.369 e. The van der Waals surface area contributed by atoms with Gasteiger partial charge < -0.3 is 16.0 Å². The molecule has 1 atom stereocenters. The van der Waals surface area contributed by atoms with E-state index in [1.165, 1.54) is 0 Å². The average molecular weight is 351 g/mol. The van der Waals surface area contributed by atoms with Gasteiger partial charge in [-0.25, -0.2) is 0 Å². The SMILES string of the molecule is NC(=O)C1(C(=O)NC2CC(=O)N(Cc3cccc4ccccc34)C2)CC1. The maximum Gasteiger partial charge on any atom is 0.235 e. The number of hydrogen-bond acceptors (Lipinski definition) is 3. The van der Waals surface area contributed by atoms with Crippen molar-refractivity contribution in [1.82, 2.24) is 10.2 Å². The van der Waals surface area contributed by atoms with E-state index in [2.05, 4.69) is 5.32 Å². The van der Waals surface area contributed by atoms with E-state index in [0.717, 1.165) is 16.3 Å². The number of rotatable bonds is 5. The molecular formula is C20H21N3O3. The van der Waals surface area contributed by atoms with Crippen LogP contribution < -0.4 is 11.1 Å². The van der Waals surface area contributed by atoms with E-state index in [-0.39, 0.29) is 24.3 Å². The molecule has 2 fully saturated rings. The lowest BCUT2D eigenvalue weighted by molar-refractivity contribution is -0.135. The van der Waals surface area contributed by atoms with Crippen molar-refractivity contribution in [3.8, 4) is 0 Å². The highest BCUT2D eigenvalue weighted by Crippen LogP contribution is 2.45. The minimum atomic E-state index is -1.05. The van der Waals surface area contributed by atoms with Crippen molar-refractivity contribution >= 4 is 28.5 Å². The van der Waals surface area contributed by atoms with Gasteiger partial charge in [0.25, 0.3) is 0 Å². The number of nitrogens with one attached hydrogen (secondary N) is 1. The number of likely N-dealkylation sites (tertiary alicyclic amines) is 1. The highest BCUT2D eigenvalue weighted by atomic mass is 16.2. The van der Waals surface area contributed by atoms with Crippen LogP contribution >= 0.6 is 0 Å². The Labute approximate surface area is 151 Å². The predicted molar refractivity (Wildman–Crippen MR) is 96.8 cm³/mol. The van der Waals surface area contributed by atoms with Gasteiger partial charge in [-0.3, -0.25) is 14.4 Å². The number of fused-ring (bicyclic) bond motifs is 1. The van der Waals surface area contributed by atoms with Gasteiger partial charge in [-0.15, -0.1) is 0 Å². The topological polar surface area (TPSA) is 92.5 Å². The van der Waals surface area contributed by atoms with Crippen molar-refractivity contribution in [3.05, 3.63) is 48.0 Å². The molecule has 4 rings (SSSR count). The highest BCUT2D eigenvalue weighted by Gasteiger charge is 2.56. The summed E-state index contributed by atoms with van der Waals surface area (Å²) in [5, 5.41) is 5.11. The third-order valence-electron chi connectivity index (χ3n) is 5.45. The lowest BCUT2D eigenvalue weighted by Crippen LogP contribution is -2.45. The van der Waals surface area contributed by atoms with Crippen LogP contribution in [0.15, 0.2) is 42.5 Å². The molecule has 26 heavy (non-hydrogen) atoms. The van der Waals surface area contributed by atoms with E-state index in [4.69, 9.17) is 5.73 Å². The standard InChI is InChI=1S/C20H21N3O3/c21-18(25)20(8-9-20)19(26)22-15-10-17(24)23(12-15)11-14-6-3-5-13-4-1-2-7-16(13)14/h1-7,15H,8-12H2,(H2,21,25)(H,22,26). The summed E-state index contributed by atoms with van der Waals surface area (Å²) in [6, 6.07) is 13.9. The predicted octanol–water partition coefficient (Wildman–Crippen LogP) is 1.32. The van der Waals surface area contributed by atoms with E-state index < -0.39 is 11.3 Å². The molecule has 0 radical (unpaired) electrons. The highest BCUT2D eigenvalue weighted by molar-refractivity contribution is 6.07. The molecular weight excluding hydrogens is 330 g/mol. The van der Waals surface area contributed by atoms with Crippen LogP contribution in [-0.2, 0) is 20.9 Å². The fourth-order valence-corrected chi connectivity index (χ4v) is 3.69. The summed E-state index contributed by atoms with van der Waals surface area (Å²) in [4.78, 5) is 38.0. The van der Waals surface area contributed by atoms with Gasteiger partial charge in [0.1, 0.15) is 5.41 Å². The van der Waals surface area contributed by atoms with Gasteiger partial charge in [0.15, 0.2) is 0 Å². The molecule has 6 nitrogen and oxygen atoms in total. The Balaban J connectivity index is 1.45. The molecule has 0 bridgehead atoms. The molecule has 1 saturated heterocycles. The number of benzene rings is 2. The number of amides is 3. The Bertz CT molecular complexity index is 899. The molecule has 134 valence electrons. The molecule has 2 aliphatic rings. The van der Waals surface area contributed by atoms with Crippen LogP contribution in [-0.4, -0.2) is 35.2 Å². The second kappa shape index (κ2) is 6.12. The molecule has 1 unspecified atom stereocenters. The summed E-state index contributed by atoms with van der Waals surface area (Å²) in [6.07, 6.45) is 1.24. The van der Waals surface area contributed by atoms with Crippen molar-refractivity contribution in [3.63, 3.8) is 0 Å². The van der Waals surface area contributed by atoms with Gasteiger partial charge in [0.2, 0.25) is 17.7 Å². The van der Waals surface area contributed by atoms with Crippen LogP contribution in [0.5, 0.6) is 0 Å². The fourth-order valence-electron chi connectivity index (χ4n) is 3.69. The van der Waals surface area contributed by atoms with Gasteiger partial charge in [-0.05, 0) is 29.2 Å². The zero-order chi connectivity index (χ0) is 18.3. The molecule has 1 saturated carbocycles. The zero-order valence-corrected chi connectivity index (χ0v) is 14.4. The number of nitrogens with zero attached hydrogens (tertiary/aromatic N) is 1. The van der Waals surface area contributed by atoms with Gasteiger partial charge in [-0.2, -0.15) is 0 Å². The summed E-state index contributed by atoms with van der Waals surface area (Å²) in [5.74, 6) is -0.908. The van der Waals surface area contributed by atoms with Gasteiger partial charge in [0, 0.05) is 19.5 Å². The Kier molecular flexibility index (Phi) is 3.90. The first-order chi connectivity index (χ1) is 12.5. The van der Waals surface area contributed by atoms with Gasteiger partial charge >= 0.3 is 0 Å². The lowest BCUT2D eigenvalue weighted by atomic mass is 10.0. The molecule has 1 aliphatic carbocycles. The molecule has 1 aliphatic heterocycles. The maximum atomic E-state index is 12.4. The normalized spacial score (nSPS) is 21.0. The van der Waals surface area contributed by atoms with E-state index in [1.807, 2.05) is 42.5 Å². The molecule has 2 aromatic rings. The molecule has 0 spiro atoms. The monoisotopic (exact) mass is 351 g/mol. The first-order valence-corrected chi connectivity index (χ1v) is 8.85.